The Morgan fingerprint density at radius 3 is 2.75 bits per heavy atom. The summed E-state index contributed by atoms with van der Waals surface area (Å²) in [4.78, 5) is 11.1. The van der Waals surface area contributed by atoms with Gasteiger partial charge in [0.15, 0.2) is 0 Å². The standard InChI is InChI=1S/C14H13ClO5/c1-20-9-4-2-3-8(5-9)14(19)6-10(13(17)18)12(15)11(16)7-14/h2-5,7,16,19H,6H2,1H3,(H,17,18). The number of ether oxygens (including phenoxy) is 1. The van der Waals surface area contributed by atoms with Crippen molar-refractivity contribution in [1.82, 2.24) is 0 Å². The van der Waals surface area contributed by atoms with Crippen LogP contribution < -0.4 is 4.74 Å². The van der Waals surface area contributed by atoms with Crippen molar-refractivity contribution in [2.24, 2.45) is 0 Å². The Labute approximate surface area is 120 Å². The molecule has 0 aromatic heterocycles. The zero-order valence-electron chi connectivity index (χ0n) is 10.6. The van der Waals surface area contributed by atoms with Gasteiger partial charge in [0.05, 0.1) is 17.7 Å². The third-order valence-electron chi connectivity index (χ3n) is 3.14. The molecule has 1 unspecified atom stereocenters. The normalized spacial score (nSPS) is 22.4. The van der Waals surface area contributed by atoms with Crippen LogP contribution in [0.2, 0.25) is 0 Å². The number of aliphatic carboxylic acids is 1. The summed E-state index contributed by atoms with van der Waals surface area (Å²) >= 11 is 5.75. The molecular weight excluding hydrogens is 284 g/mol. The molecule has 6 heteroatoms. The van der Waals surface area contributed by atoms with E-state index in [4.69, 9.17) is 21.4 Å². The van der Waals surface area contributed by atoms with Gasteiger partial charge < -0.3 is 20.1 Å². The van der Waals surface area contributed by atoms with Crippen LogP contribution in [0.25, 0.3) is 0 Å². The van der Waals surface area contributed by atoms with E-state index in [2.05, 4.69) is 0 Å². The van der Waals surface area contributed by atoms with Crippen LogP contribution in [0.4, 0.5) is 0 Å². The number of hydrogen-bond donors (Lipinski definition) is 3. The van der Waals surface area contributed by atoms with E-state index in [9.17, 15) is 15.0 Å². The summed E-state index contributed by atoms with van der Waals surface area (Å²) in [5.74, 6) is -1.22. The second-order valence-corrected chi connectivity index (χ2v) is 4.84. The number of aliphatic hydroxyl groups is 2. The molecule has 0 heterocycles. The van der Waals surface area contributed by atoms with Gasteiger partial charge in [-0.2, -0.15) is 0 Å². The molecule has 0 amide bonds. The lowest BCUT2D eigenvalue weighted by atomic mass is 9.83. The second kappa shape index (κ2) is 5.19. The molecular formula is C14H13ClO5. The summed E-state index contributed by atoms with van der Waals surface area (Å²) in [6.45, 7) is 0. The molecule has 0 saturated heterocycles. The van der Waals surface area contributed by atoms with Crippen LogP contribution >= 0.6 is 11.6 Å². The molecule has 0 spiro atoms. The van der Waals surface area contributed by atoms with Crippen molar-refractivity contribution in [3.8, 4) is 5.75 Å². The van der Waals surface area contributed by atoms with E-state index >= 15 is 0 Å². The van der Waals surface area contributed by atoms with E-state index < -0.39 is 17.3 Å². The molecule has 1 atom stereocenters. The molecule has 1 aliphatic carbocycles. The smallest absolute Gasteiger partial charge is 0.333 e. The minimum atomic E-state index is -1.65. The topological polar surface area (TPSA) is 87.0 Å². The van der Waals surface area contributed by atoms with Crippen molar-refractivity contribution >= 4 is 17.6 Å². The maximum Gasteiger partial charge on any atom is 0.333 e. The van der Waals surface area contributed by atoms with Crippen LogP contribution in [-0.4, -0.2) is 28.4 Å². The summed E-state index contributed by atoms with van der Waals surface area (Å²) in [5, 5.41) is 29.2. The fraction of sp³-hybridized carbons (Fsp3) is 0.214. The highest BCUT2D eigenvalue weighted by atomic mass is 35.5. The Morgan fingerprint density at radius 1 is 1.45 bits per heavy atom. The highest BCUT2D eigenvalue weighted by molar-refractivity contribution is 6.33. The number of hydrogen-bond acceptors (Lipinski definition) is 4. The summed E-state index contributed by atoms with van der Waals surface area (Å²) < 4.78 is 5.06. The van der Waals surface area contributed by atoms with E-state index in [1.807, 2.05) is 0 Å². The largest absolute Gasteiger partial charge is 0.507 e. The summed E-state index contributed by atoms with van der Waals surface area (Å²) in [7, 11) is 1.48. The van der Waals surface area contributed by atoms with Crippen molar-refractivity contribution < 1.29 is 24.9 Å². The second-order valence-electron chi connectivity index (χ2n) is 4.46. The minimum absolute atomic E-state index is 0.238. The quantitative estimate of drug-likeness (QED) is 0.797. The lowest BCUT2D eigenvalue weighted by Crippen LogP contribution is -2.29. The van der Waals surface area contributed by atoms with Crippen molar-refractivity contribution in [1.29, 1.82) is 0 Å². The Kier molecular flexibility index (Phi) is 3.74. The predicted octanol–water partition coefficient (Wildman–Crippen LogP) is 2.31. The van der Waals surface area contributed by atoms with Crippen molar-refractivity contribution in [2.45, 2.75) is 12.0 Å². The third-order valence-corrected chi connectivity index (χ3v) is 3.56. The number of carboxylic acid groups (broad SMARTS) is 1. The number of aliphatic hydroxyl groups excluding tert-OH is 1. The van der Waals surface area contributed by atoms with E-state index in [0.29, 0.717) is 11.3 Å². The number of methoxy groups -OCH3 is 1. The minimum Gasteiger partial charge on any atom is -0.507 e. The highest BCUT2D eigenvalue weighted by Crippen LogP contribution is 2.39. The monoisotopic (exact) mass is 296 g/mol. The first kappa shape index (κ1) is 14.4. The fourth-order valence-corrected chi connectivity index (χ4v) is 2.29. The Balaban J connectivity index is 2.49. The molecule has 0 saturated carbocycles. The maximum atomic E-state index is 11.1. The van der Waals surface area contributed by atoms with Crippen molar-refractivity contribution in [3.63, 3.8) is 0 Å². The maximum absolute atomic E-state index is 11.1. The molecule has 1 aromatic carbocycles. The summed E-state index contributed by atoms with van der Waals surface area (Å²) in [5.41, 5.74) is -1.48. The molecule has 3 N–H and O–H groups in total. The number of rotatable bonds is 3. The fourth-order valence-electron chi connectivity index (χ4n) is 2.09. The Hall–Kier alpha value is -1.98. The summed E-state index contributed by atoms with van der Waals surface area (Å²) in [6, 6.07) is 6.55. The Bertz CT molecular complexity index is 620. The molecule has 106 valence electrons. The van der Waals surface area contributed by atoms with Gasteiger partial charge in [0.1, 0.15) is 17.1 Å². The number of halogens is 1. The van der Waals surface area contributed by atoms with Gasteiger partial charge in [0, 0.05) is 6.42 Å². The number of carbonyl (C=O) groups is 1. The average molecular weight is 297 g/mol. The molecule has 0 bridgehead atoms. The van der Waals surface area contributed by atoms with Crippen LogP contribution in [0, 0.1) is 0 Å². The molecule has 1 aliphatic rings. The van der Waals surface area contributed by atoms with Gasteiger partial charge in [-0.15, -0.1) is 0 Å². The molecule has 0 aliphatic heterocycles. The van der Waals surface area contributed by atoms with Crippen LogP contribution in [-0.2, 0) is 10.4 Å². The van der Waals surface area contributed by atoms with Crippen LogP contribution in [0.1, 0.15) is 12.0 Å². The predicted molar refractivity (Wildman–Crippen MR) is 72.7 cm³/mol. The Morgan fingerprint density at radius 2 is 2.15 bits per heavy atom. The van der Waals surface area contributed by atoms with E-state index in [1.165, 1.54) is 7.11 Å². The third kappa shape index (κ3) is 2.50. The van der Waals surface area contributed by atoms with Crippen molar-refractivity contribution in [2.75, 3.05) is 7.11 Å². The molecule has 0 fully saturated rings. The van der Waals surface area contributed by atoms with Crippen LogP contribution in [0.5, 0.6) is 5.75 Å². The van der Waals surface area contributed by atoms with Gasteiger partial charge in [-0.1, -0.05) is 23.7 Å². The molecule has 2 rings (SSSR count). The van der Waals surface area contributed by atoms with Gasteiger partial charge in [-0.05, 0) is 23.8 Å². The molecule has 5 nitrogen and oxygen atoms in total. The number of carboxylic acids is 1. The lowest BCUT2D eigenvalue weighted by molar-refractivity contribution is -0.133. The van der Waals surface area contributed by atoms with Gasteiger partial charge >= 0.3 is 5.97 Å². The lowest BCUT2D eigenvalue weighted by Gasteiger charge is -2.29. The molecule has 1 aromatic rings. The van der Waals surface area contributed by atoms with Crippen LogP contribution in [0.3, 0.4) is 0 Å². The van der Waals surface area contributed by atoms with Gasteiger partial charge in [-0.25, -0.2) is 4.79 Å². The molecule has 0 radical (unpaired) electrons. The SMILES string of the molecule is COc1cccc(C2(O)C=C(O)C(Cl)=C(C(=O)O)C2)c1. The zero-order valence-corrected chi connectivity index (χ0v) is 11.4. The first-order chi connectivity index (χ1) is 9.37. The summed E-state index contributed by atoms with van der Waals surface area (Å²) in [6.07, 6.45) is 0.898. The highest BCUT2D eigenvalue weighted by Gasteiger charge is 2.37. The van der Waals surface area contributed by atoms with Gasteiger partial charge in [0.25, 0.3) is 0 Å². The zero-order chi connectivity index (χ0) is 14.9. The number of benzene rings is 1. The first-order valence-electron chi connectivity index (χ1n) is 5.78. The van der Waals surface area contributed by atoms with Crippen LogP contribution in [0.15, 0.2) is 46.7 Å². The number of allylic oxidation sites excluding steroid dienone is 1. The van der Waals surface area contributed by atoms with Gasteiger partial charge in [0.2, 0.25) is 0 Å². The van der Waals surface area contributed by atoms with Crippen molar-refractivity contribution in [3.05, 3.63) is 52.3 Å². The molecule has 20 heavy (non-hydrogen) atoms. The first-order valence-corrected chi connectivity index (χ1v) is 6.16. The van der Waals surface area contributed by atoms with Gasteiger partial charge in [-0.3, -0.25) is 0 Å². The van der Waals surface area contributed by atoms with E-state index in [-0.39, 0.29) is 17.0 Å². The van der Waals surface area contributed by atoms with E-state index in [1.54, 1.807) is 24.3 Å². The average Bonchev–Trinajstić information content (AvgIpc) is 2.42. The van der Waals surface area contributed by atoms with E-state index in [0.717, 1.165) is 6.08 Å².